The molecule has 1 amide bonds. The van der Waals surface area contributed by atoms with Gasteiger partial charge in [0.1, 0.15) is 5.69 Å². The lowest BCUT2D eigenvalue weighted by Gasteiger charge is -1.99. The number of nitrogens with zero attached hydrogens (tertiary/aromatic N) is 1. The number of nitrogens with one attached hydrogen (secondary N) is 1. The quantitative estimate of drug-likeness (QED) is 0.782. The summed E-state index contributed by atoms with van der Waals surface area (Å²) in [5.41, 5.74) is 1.61. The maximum atomic E-state index is 11.0. The Kier molecular flexibility index (Phi) is 6.37. The Morgan fingerprint density at radius 2 is 2.07 bits per heavy atom. The highest BCUT2D eigenvalue weighted by molar-refractivity contribution is 5.91. The van der Waals surface area contributed by atoms with Crippen LogP contribution in [-0.2, 0) is 6.42 Å². The first-order valence-electron chi connectivity index (χ1n) is 4.95. The molecule has 3 heteroatoms. The van der Waals surface area contributed by atoms with Crippen molar-refractivity contribution in [2.24, 2.45) is 0 Å². The molecule has 0 radical (unpaired) electrons. The van der Waals surface area contributed by atoms with Gasteiger partial charge in [-0.2, -0.15) is 0 Å². The highest BCUT2D eigenvalue weighted by Gasteiger charge is 2.02. The summed E-state index contributed by atoms with van der Waals surface area (Å²) < 4.78 is 0. The topological polar surface area (TPSA) is 42.0 Å². The Morgan fingerprint density at radius 3 is 2.43 bits per heavy atom. The molecule has 78 valence electrons. The van der Waals surface area contributed by atoms with Crippen LogP contribution < -0.4 is 5.32 Å². The van der Waals surface area contributed by atoms with Gasteiger partial charge in [-0.15, -0.1) is 0 Å². The van der Waals surface area contributed by atoms with Gasteiger partial charge in [0, 0.05) is 13.2 Å². The summed E-state index contributed by atoms with van der Waals surface area (Å²) in [5.74, 6) is -0.141. The van der Waals surface area contributed by atoms with Gasteiger partial charge in [0.05, 0.1) is 0 Å². The predicted octanol–water partition coefficient (Wildman–Crippen LogP) is 2.03. The highest BCUT2D eigenvalue weighted by Crippen LogP contribution is 2.00. The van der Waals surface area contributed by atoms with Gasteiger partial charge in [0.2, 0.25) is 0 Å². The van der Waals surface area contributed by atoms with Gasteiger partial charge in [0.15, 0.2) is 0 Å². The molecule has 0 bridgehead atoms. The lowest BCUT2D eigenvalue weighted by molar-refractivity contribution is 0.0958. The predicted molar refractivity (Wildman–Crippen MR) is 58.4 cm³/mol. The third-order valence-electron chi connectivity index (χ3n) is 1.69. The number of pyridine rings is 1. The first-order valence-corrected chi connectivity index (χ1v) is 4.95. The van der Waals surface area contributed by atoms with Crippen LogP contribution in [-0.4, -0.2) is 17.9 Å². The molecule has 1 N–H and O–H groups in total. The molecule has 0 aliphatic carbocycles. The Morgan fingerprint density at radius 1 is 1.43 bits per heavy atom. The van der Waals surface area contributed by atoms with E-state index in [0.717, 1.165) is 12.0 Å². The molecule has 1 rings (SSSR count). The average molecular weight is 194 g/mol. The van der Waals surface area contributed by atoms with Crippen molar-refractivity contribution in [2.75, 3.05) is 7.05 Å². The molecule has 1 aromatic heterocycles. The molecule has 1 aromatic rings. The molecule has 0 aliphatic heterocycles. The fourth-order valence-electron chi connectivity index (χ4n) is 0.896. The Hall–Kier alpha value is -1.38. The lowest BCUT2D eigenvalue weighted by atomic mass is 10.2. The van der Waals surface area contributed by atoms with E-state index in [9.17, 15) is 4.79 Å². The fraction of sp³-hybridized carbons (Fsp3) is 0.455. The van der Waals surface area contributed by atoms with E-state index in [0.29, 0.717) is 5.69 Å². The molecule has 0 aliphatic rings. The largest absolute Gasteiger partial charge is 0.354 e. The number of carbonyl (C=O) groups excluding carboxylic acids is 1. The second kappa shape index (κ2) is 7.06. The lowest BCUT2D eigenvalue weighted by Crippen LogP contribution is -2.18. The summed E-state index contributed by atoms with van der Waals surface area (Å²) in [5, 5.41) is 2.52. The Labute approximate surface area is 85.6 Å². The normalized spacial score (nSPS) is 8.57. The highest BCUT2D eigenvalue weighted by atomic mass is 16.1. The summed E-state index contributed by atoms with van der Waals surface area (Å²) >= 11 is 0. The molecule has 14 heavy (non-hydrogen) atoms. The number of hydrogen-bond acceptors (Lipinski definition) is 2. The maximum Gasteiger partial charge on any atom is 0.269 e. The average Bonchev–Trinajstić information content (AvgIpc) is 2.31. The fourth-order valence-corrected chi connectivity index (χ4v) is 0.896. The molecule has 0 spiro atoms. The number of aromatic nitrogens is 1. The van der Waals surface area contributed by atoms with Gasteiger partial charge in [-0.3, -0.25) is 9.78 Å². The minimum Gasteiger partial charge on any atom is -0.354 e. The van der Waals surface area contributed by atoms with E-state index < -0.39 is 0 Å². The Balaban J connectivity index is 0.000000791. The molecule has 0 atom stereocenters. The molecule has 3 nitrogen and oxygen atoms in total. The van der Waals surface area contributed by atoms with Gasteiger partial charge in [0.25, 0.3) is 5.91 Å². The molecule has 0 aromatic carbocycles. The van der Waals surface area contributed by atoms with Gasteiger partial charge in [-0.1, -0.05) is 26.8 Å². The van der Waals surface area contributed by atoms with Crippen LogP contribution in [0.4, 0.5) is 0 Å². The van der Waals surface area contributed by atoms with Crippen LogP contribution in [0.1, 0.15) is 36.8 Å². The minimum atomic E-state index is -0.141. The van der Waals surface area contributed by atoms with Crippen molar-refractivity contribution < 1.29 is 4.79 Å². The summed E-state index contributed by atoms with van der Waals surface area (Å²) in [7, 11) is 1.59. The number of amides is 1. The van der Waals surface area contributed by atoms with E-state index in [1.807, 2.05) is 19.9 Å². The SMILES string of the molecule is CC.CCc1ccc(C(=O)NC)nc1. The van der Waals surface area contributed by atoms with Gasteiger partial charge in [-0.25, -0.2) is 0 Å². The first kappa shape index (κ1) is 12.6. The van der Waals surface area contributed by atoms with Crippen LogP contribution in [0.3, 0.4) is 0 Å². The molecule has 0 fully saturated rings. The van der Waals surface area contributed by atoms with Crippen molar-refractivity contribution >= 4 is 5.91 Å². The third kappa shape index (κ3) is 3.56. The maximum absolute atomic E-state index is 11.0. The van der Waals surface area contributed by atoms with E-state index in [1.54, 1.807) is 19.3 Å². The van der Waals surface area contributed by atoms with E-state index in [2.05, 4.69) is 17.2 Å². The molecule has 0 saturated carbocycles. The molecule has 0 saturated heterocycles. The molecule has 0 unspecified atom stereocenters. The standard InChI is InChI=1S/C9H12N2O.C2H6/c1-3-7-4-5-8(11-6-7)9(12)10-2;1-2/h4-6H,3H2,1-2H3,(H,10,12);1-2H3. The number of aryl methyl sites for hydroxylation is 1. The minimum absolute atomic E-state index is 0.141. The smallest absolute Gasteiger partial charge is 0.269 e. The Bertz CT molecular complexity index is 267. The third-order valence-corrected chi connectivity index (χ3v) is 1.69. The van der Waals surface area contributed by atoms with E-state index in [1.165, 1.54) is 0 Å². The van der Waals surface area contributed by atoms with Gasteiger partial charge in [-0.05, 0) is 18.1 Å². The van der Waals surface area contributed by atoms with E-state index in [-0.39, 0.29) is 5.91 Å². The van der Waals surface area contributed by atoms with Crippen LogP contribution in [0.5, 0.6) is 0 Å². The van der Waals surface area contributed by atoms with Crippen molar-refractivity contribution in [1.29, 1.82) is 0 Å². The summed E-state index contributed by atoms with van der Waals surface area (Å²) in [4.78, 5) is 15.0. The van der Waals surface area contributed by atoms with Crippen LogP contribution >= 0.6 is 0 Å². The summed E-state index contributed by atoms with van der Waals surface area (Å²) in [6, 6.07) is 3.65. The first-order chi connectivity index (χ1) is 6.77. The number of rotatable bonds is 2. The molecule has 1 heterocycles. The van der Waals surface area contributed by atoms with Crippen LogP contribution in [0.2, 0.25) is 0 Å². The zero-order chi connectivity index (χ0) is 11.0. The zero-order valence-corrected chi connectivity index (χ0v) is 9.29. The van der Waals surface area contributed by atoms with Crippen molar-refractivity contribution in [1.82, 2.24) is 10.3 Å². The van der Waals surface area contributed by atoms with Crippen molar-refractivity contribution in [3.8, 4) is 0 Å². The van der Waals surface area contributed by atoms with Gasteiger partial charge < -0.3 is 5.32 Å². The number of carbonyl (C=O) groups is 1. The van der Waals surface area contributed by atoms with Crippen LogP contribution in [0, 0.1) is 0 Å². The van der Waals surface area contributed by atoms with Crippen molar-refractivity contribution in [3.05, 3.63) is 29.6 Å². The zero-order valence-electron chi connectivity index (χ0n) is 9.29. The second-order valence-electron chi connectivity index (χ2n) is 2.48. The molecular formula is C11H18N2O. The van der Waals surface area contributed by atoms with Crippen molar-refractivity contribution in [2.45, 2.75) is 27.2 Å². The van der Waals surface area contributed by atoms with Crippen LogP contribution in [0.15, 0.2) is 18.3 Å². The summed E-state index contributed by atoms with van der Waals surface area (Å²) in [6.45, 7) is 6.05. The molecular weight excluding hydrogens is 176 g/mol. The van der Waals surface area contributed by atoms with E-state index >= 15 is 0 Å². The van der Waals surface area contributed by atoms with Crippen LogP contribution in [0.25, 0.3) is 0 Å². The van der Waals surface area contributed by atoms with E-state index in [4.69, 9.17) is 0 Å². The van der Waals surface area contributed by atoms with Crippen molar-refractivity contribution in [3.63, 3.8) is 0 Å². The second-order valence-corrected chi connectivity index (χ2v) is 2.48. The summed E-state index contributed by atoms with van der Waals surface area (Å²) in [6.07, 6.45) is 2.67. The number of hydrogen-bond donors (Lipinski definition) is 1. The monoisotopic (exact) mass is 194 g/mol. The van der Waals surface area contributed by atoms with Gasteiger partial charge >= 0.3 is 0 Å².